The molecule has 1 aromatic rings. The van der Waals surface area contributed by atoms with E-state index < -0.39 is 17.9 Å². The number of aryl methyl sites for hydroxylation is 1. The van der Waals surface area contributed by atoms with Gasteiger partial charge in [0.2, 0.25) is 5.76 Å². The minimum absolute atomic E-state index is 0.0180. The van der Waals surface area contributed by atoms with Crippen LogP contribution in [-0.4, -0.2) is 28.0 Å². The molecule has 0 unspecified atom stereocenters. The van der Waals surface area contributed by atoms with Gasteiger partial charge in [-0.3, -0.25) is 4.79 Å². The van der Waals surface area contributed by atoms with Gasteiger partial charge in [-0.1, -0.05) is 13.8 Å². The fourth-order valence-corrected chi connectivity index (χ4v) is 1.19. The van der Waals surface area contributed by atoms with E-state index in [1.165, 1.54) is 6.20 Å². The molecule has 0 saturated heterocycles. The zero-order chi connectivity index (χ0) is 12.3. The summed E-state index contributed by atoms with van der Waals surface area (Å²) in [5.74, 6) is -1.46. The highest BCUT2D eigenvalue weighted by Gasteiger charge is 2.25. The summed E-state index contributed by atoms with van der Waals surface area (Å²) < 4.78 is 4.99. The fourth-order valence-electron chi connectivity index (χ4n) is 1.19. The molecule has 1 rings (SSSR count). The van der Waals surface area contributed by atoms with Crippen molar-refractivity contribution in [3.63, 3.8) is 0 Å². The molecule has 6 heteroatoms. The minimum atomic E-state index is -1.07. The van der Waals surface area contributed by atoms with Gasteiger partial charge in [-0.15, -0.1) is 0 Å². The number of aromatic nitrogens is 1. The van der Waals surface area contributed by atoms with Crippen LogP contribution >= 0.6 is 0 Å². The number of rotatable bonds is 4. The van der Waals surface area contributed by atoms with Crippen molar-refractivity contribution in [2.24, 2.45) is 5.92 Å². The molecule has 6 nitrogen and oxygen atoms in total. The molecular formula is C10H14N2O4. The van der Waals surface area contributed by atoms with Gasteiger partial charge in [0.1, 0.15) is 6.04 Å². The van der Waals surface area contributed by atoms with E-state index in [9.17, 15) is 9.59 Å². The monoisotopic (exact) mass is 226 g/mol. The molecule has 88 valence electrons. The van der Waals surface area contributed by atoms with Gasteiger partial charge in [0.15, 0.2) is 5.89 Å². The molecule has 0 saturated carbocycles. The van der Waals surface area contributed by atoms with Crippen LogP contribution in [0.1, 0.15) is 30.3 Å². The first-order valence-electron chi connectivity index (χ1n) is 4.88. The van der Waals surface area contributed by atoms with Crippen LogP contribution in [0.15, 0.2) is 10.6 Å². The summed E-state index contributed by atoms with van der Waals surface area (Å²) >= 11 is 0. The van der Waals surface area contributed by atoms with Crippen LogP contribution in [-0.2, 0) is 4.79 Å². The number of carbonyl (C=O) groups is 2. The lowest BCUT2D eigenvalue weighted by Crippen LogP contribution is -2.44. The van der Waals surface area contributed by atoms with Gasteiger partial charge in [0, 0.05) is 6.92 Å². The predicted octanol–water partition coefficient (Wildman–Crippen LogP) is 0.822. The average molecular weight is 226 g/mol. The van der Waals surface area contributed by atoms with Crippen LogP contribution in [0, 0.1) is 12.8 Å². The summed E-state index contributed by atoms with van der Waals surface area (Å²) in [5, 5.41) is 11.3. The average Bonchev–Trinajstić information content (AvgIpc) is 2.59. The Morgan fingerprint density at radius 2 is 2.12 bits per heavy atom. The van der Waals surface area contributed by atoms with E-state index in [2.05, 4.69) is 10.3 Å². The summed E-state index contributed by atoms with van der Waals surface area (Å²) in [5.41, 5.74) is 0. The number of nitrogens with zero attached hydrogens (tertiary/aromatic N) is 1. The minimum Gasteiger partial charge on any atom is -0.480 e. The van der Waals surface area contributed by atoms with E-state index in [0.29, 0.717) is 5.89 Å². The SMILES string of the molecule is Cc1ncc(C(=O)N[C@H](C(=O)O)C(C)C)o1. The summed E-state index contributed by atoms with van der Waals surface area (Å²) in [4.78, 5) is 26.2. The van der Waals surface area contributed by atoms with Crippen molar-refractivity contribution in [1.82, 2.24) is 10.3 Å². The van der Waals surface area contributed by atoms with Gasteiger partial charge < -0.3 is 14.8 Å². The molecule has 0 aromatic carbocycles. The molecule has 16 heavy (non-hydrogen) atoms. The number of amides is 1. The number of carboxylic acids is 1. The number of oxazole rings is 1. The Morgan fingerprint density at radius 3 is 2.50 bits per heavy atom. The van der Waals surface area contributed by atoms with E-state index in [1.807, 2.05) is 0 Å². The second kappa shape index (κ2) is 4.78. The summed E-state index contributed by atoms with van der Waals surface area (Å²) in [6.45, 7) is 5.03. The largest absolute Gasteiger partial charge is 0.480 e. The van der Waals surface area contributed by atoms with Crippen LogP contribution in [0.3, 0.4) is 0 Å². The third-order valence-corrected chi connectivity index (χ3v) is 2.06. The summed E-state index contributed by atoms with van der Waals surface area (Å²) in [6, 6.07) is -0.932. The maximum atomic E-state index is 11.6. The van der Waals surface area contributed by atoms with E-state index in [0.717, 1.165) is 0 Å². The smallest absolute Gasteiger partial charge is 0.326 e. The van der Waals surface area contributed by atoms with Crippen molar-refractivity contribution in [3.05, 3.63) is 17.8 Å². The highest BCUT2D eigenvalue weighted by atomic mass is 16.4. The molecule has 1 aromatic heterocycles. The molecule has 2 N–H and O–H groups in total. The predicted molar refractivity (Wildman–Crippen MR) is 55.0 cm³/mol. The zero-order valence-corrected chi connectivity index (χ0v) is 9.35. The van der Waals surface area contributed by atoms with Crippen LogP contribution in [0.5, 0.6) is 0 Å². The first kappa shape index (κ1) is 12.2. The van der Waals surface area contributed by atoms with Gasteiger partial charge in [0.05, 0.1) is 6.20 Å². The highest BCUT2D eigenvalue weighted by Crippen LogP contribution is 2.06. The molecule has 0 radical (unpaired) electrons. The van der Waals surface area contributed by atoms with Crippen molar-refractivity contribution in [2.75, 3.05) is 0 Å². The van der Waals surface area contributed by atoms with Crippen molar-refractivity contribution >= 4 is 11.9 Å². The van der Waals surface area contributed by atoms with E-state index >= 15 is 0 Å². The van der Waals surface area contributed by atoms with Gasteiger partial charge >= 0.3 is 5.97 Å². The lowest BCUT2D eigenvalue weighted by molar-refractivity contribution is -0.140. The Morgan fingerprint density at radius 1 is 1.50 bits per heavy atom. The molecule has 1 atom stereocenters. The Kier molecular flexibility index (Phi) is 3.65. The second-order valence-corrected chi connectivity index (χ2v) is 3.78. The number of carboxylic acid groups (broad SMARTS) is 1. The lowest BCUT2D eigenvalue weighted by Gasteiger charge is -2.16. The maximum Gasteiger partial charge on any atom is 0.326 e. The van der Waals surface area contributed by atoms with E-state index in [-0.39, 0.29) is 11.7 Å². The molecule has 0 fully saturated rings. The third-order valence-electron chi connectivity index (χ3n) is 2.06. The molecule has 0 aliphatic carbocycles. The number of nitrogens with one attached hydrogen (secondary N) is 1. The lowest BCUT2D eigenvalue weighted by atomic mass is 10.0. The van der Waals surface area contributed by atoms with Gasteiger partial charge in [-0.05, 0) is 5.92 Å². The number of hydrogen-bond donors (Lipinski definition) is 2. The van der Waals surface area contributed by atoms with Gasteiger partial charge in [-0.2, -0.15) is 0 Å². The molecule has 0 bridgehead atoms. The molecule has 1 heterocycles. The van der Waals surface area contributed by atoms with Crippen molar-refractivity contribution in [3.8, 4) is 0 Å². The first-order valence-corrected chi connectivity index (χ1v) is 4.88. The quantitative estimate of drug-likeness (QED) is 0.792. The first-order chi connectivity index (χ1) is 7.41. The van der Waals surface area contributed by atoms with Crippen molar-refractivity contribution in [1.29, 1.82) is 0 Å². The Hall–Kier alpha value is -1.85. The molecular weight excluding hydrogens is 212 g/mol. The van der Waals surface area contributed by atoms with E-state index in [1.54, 1.807) is 20.8 Å². The Balaban J connectivity index is 2.73. The van der Waals surface area contributed by atoms with Crippen LogP contribution in [0.4, 0.5) is 0 Å². The maximum absolute atomic E-state index is 11.6. The van der Waals surface area contributed by atoms with Crippen LogP contribution in [0.2, 0.25) is 0 Å². The van der Waals surface area contributed by atoms with Crippen LogP contribution in [0.25, 0.3) is 0 Å². The van der Waals surface area contributed by atoms with Crippen molar-refractivity contribution < 1.29 is 19.1 Å². The molecule has 1 amide bonds. The van der Waals surface area contributed by atoms with Crippen molar-refractivity contribution in [2.45, 2.75) is 26.8 Å². The standard InChI is InChI=1S/C10H14N2O4/c1-5(2)8(10(14)15)12-9(13)7-4-11-6(3)16-7/h4-5,8H,1-3H3,(H,12,13)(H,14,15)/t8-/m0/s1. The third kappa shape index (κ3) is 2.82. The fraction of sp³-hybridized carbons (Fsp3) is 0.500. The Labute approximate surface area is 92.7 Å². The number of carbonyl (C=O) groups excluding carboxylic acids is 1. The van der Waals surface area contributed by atoms with E-state index in [4.69, 9.17) is 9.52 Å². The number of hydrogen-bond acceptors (Lipinski definition) is 4. The molecule has 0 spiro atoms. The second-order valence-electron chi connectivity index (χ2n) is 3.78. The van der Waals surface area contributed by atoms with Gasteiger partial charge in [0.25, 0.3) is 5.91 Å². The summed E-state index contributed by atoms with van der Waals surface area (Å²) in [7, 11) is 0. The topological polar surface area (TPSA) is 92.4 Å². The Bertz CT molecular complexity index is 397. The highest BCUT2D eigenvalue weighted by molar-refractivity contribution is 5.94. The molecule has 0 aliphatic heterocycles. The van der Waals surface area contributed by atoms with Crippen LogP contribution < -0.4 is 5.32 Å². The van der Waals surface area contributed by atoms with Gasteiger partial charge in [-0.25, -0.2) is 9.78 Å². The normalized spacial score (nSPS) is 12.5. The molecule has 0 aliphatic rings. The zero-order valence-electron chi connectivity index (χ0n) is 9.35. The summed E-state index contributed by atoms with van der Waals surface area (Å²) in [6.07, 6.45) is 1.27. The number of aliphatic carboxylic acids is 1.